The summed E-state index contributed by atoms with van der Waals surface area (Å²) < 4.78 is 6.52. The molecule has 2 aromatic rings. The summed E-state index contributed by atoms with van der Waals surface area (Å²) in [6, 6.07) is 15.8. The summed E-state index contributed by atoms with van der Waals surface area (Å²) in [5.74, 6) is 0.994. The van der Waals surface area contributed by atoms with Crippen LogP contribution < -0.4 is 9.64 Å². The first-order valence-corrected chi connectivity index (χ1v) is 8.70. The zero-order valence-electron chi connectivity index (χ0n) is 13.0. The summed E-state index contributed by atoms with van der Waals surface area (Å²) >= 11 is 2.24. The molecule has 1 heterocycles. The number of amides is 1. The molecule has 3 rings (SSSR count). The Bertz CT molecular complexity index is 697. The SMILES string of the molecule is COc1ccccc1N1CCN(C(=O)c2cccc(I)c2)CC1. The molecule has 0 aliphatic carbocycles. The lowest BCUT2D eigenvalue weighted by Gasteiger charge is -2.36. The number of halogens is 1. The standard InChI is InChI=1S/C18H19IN2O2/c1-23-17-8-3-2-7-16(17)20-9-11-21(12-10-20)18(22)14-5-4-6-15(19)13-14/h2-8,13H,9-12H2,1H3. The van der Waals surface area contributed by atoms with E-state index in [9.17, 15) is 4.79 Å². The van der Waals surface area contributed by atoms with Crippen LogP contribution in [0.5, 0.6) is 5.75 Å². The van der Waals surface area contributed by atoms with Gasteiger partial charge in [-0.05, 0) is 52.9 Å². The fourth-order valence-corrected chi connectivity index (χ4v) is 3.39. The van der Waals surface area contributed by atoms with Crippen LogP contribution in [0.2, 0.25) is 0 Å². The van der Waals surface area contributed by atoms with Crippen molar-refractivity contribution in [3.63, 3.8) is 0 Å². The van der Waals surface area contributed by atoms with Crippen molar-refractivity contribution in [2.45, 2.75) is 0 Å². The zero-order chi connectivity index (χ0) is 16.2. The highest BCUT2D eigenvalue weighted by Crippen LogP contribution is 2.28. The molecule has 4 nitrogen and oxygen atoms in total. The number of ether oxygens (including phenoxy) is 1. The van der Waals surface area contributed by atoms with Crippen molar-refractivity contribution < 1.29 is 9.53 Å². The summed E-state index contributed by atoms with van der Waals surface area (Å²) in [5, 5.41) is 0. The Kier molecular flexibility index (Phi) is 5.05. The van der Waals surface area contributed by atoms with Gasteiger partial charge in [0.2, 0.25) is 0 Å². The molecule has 0 N–H and O–H groups in total. The minimum atomic E-state index is 0.114. The highest BCUT2D eigenvalue weighted by atomic mass is 127. The van der Waals surface area contributed by atoms with Crippen molar-refractivity contribution in [1.82, 2.24) is 4.90 Å². The van der Waals surface area contributed by atoms with Crippen LogP contribution in [0.1, 0.15) is 10.4 Å². The fraction of sp³-hybridized carbons (Fsp3) is 0.278. The van der Waals surface area contributed by atoms with Gasteiger partial charge >= 0.3 is 0 Å². The van der Waals surface area contributed by atoms with Crippen LogP contribution in [0, 0.1) is 3.57 Å². The van der Waals surface area contributed by atoms with E-state index in [1.807, 2.05) is 47.4 Å². The molecule has 0 radical (unpaired) electrons. The van der Waals surface area contributed by atoms with Crippen LogP contribution in [0.3, 0.4) is 0 Å². The molecule has 23 heavy (non-hydrogen) atoms. The van der Waals surface area contributed by atoms with Crippen molar-refractivity contribution in [3.8, 4) is 5.75 Å². The van der Waals surface area contributed by atoms with Gasteiger partial charge in [-0.25, -0.2) is 0 Å². The number of nitrogens with zero attached hydrogens (tertiary/aromatic N) is 2. The Morgan fingerprint density at radius 2 is 1.78 bits per heavy atom. The Morgan fingerprint density at radius 1 is 1.04 bits per heavy atom. The van der Waals surface area contributed by atoms with Gasteiger partial charge in [0.25, 0.3) is 5.91 Å². The van der Waals surface area contributed by atoms with Gasteiger partial charge < -0.3 is 14.5 Å². The molecule has 1 fully saturated rings. The molecule has 120 valence electrons. The number of carbonyl (C=O) groups excluding carboxylic acids is 1. The van der Waals surface area contributed by atoms with Crippen molar-refractivity contribution in [3.05, 3.63) is 57.7 Å². The number of piperazine rings is 1. The van der Waals surface area contributed by atoms with Gasteiger partial charge in [0.1, 0.15) is 5.75 Å². The second-order valence-electron chi connectivity index (χ2n) is 5.46. The number of hydrogen-bond donors (Lipinski definition) is 0. The van der Waals surface area contributed by atoms with Crippen LogP contribution >= 0.6 is 22.6 Å². The first kappa shape index (κ1) is 16.1. The molecule has 0 saturated carbocycles. The van der Waals surface area contributed by atoms with Crippen LogP contribution in [0.15, 0.2) is 48.5 Å². The quantitative estimate of drug-likeness (QED) is 0.713. The average Bonchev–Trinajstić information content (AvgIpc) is 2.61. The molecular formula is C18H19IN2O2. The molecule has 0 atom stereocenters. The van der Waals surface area contributed by atoms with Gasteiger partial charge in [-0.3, -0.25) is 4.79 Å². The number of anilines is 1. The summed E-state index contributed by atoms with van der Waals surface area (Å²) in [4.78, 5) is 16.8. The van der Waals surface area contributed by atoms with E-state index in [0.717, 1.165) is 46.7 Å². The van der Waals surface area contributed by atoms with Crippen molar-refractivity contribution >= 4 is 34.2 Å². The minimum absolute atomic E-state index is 0.114. The van der Waals surface area contributed by atoms with Crippen molar-refractivity contribution in [2.24, 2.45) is 0 Å². The first-order valence-electron chi connectivity index (χ1n) is 7.62. The summed E-state index contributed by atoms with van der Waals surface area (Å²) in [5.41, 5.74) is 1.86. The number of carbonyl (C=O) groups is 1. The minimum Gasteiger partial charge on any atom is -0.495 e. The Labute approximate surface area is 150 Å². The number of rotatable bonds is 3. The van der Waals surface area contributed by atoms with E-state index in [4.69, 9.17) is 4.74 Å². The Morgan fingerprint density at radius 3 is 2.48 bits per heavy atom. The van der Waals surface area contributed by atoms with E-state index in [1.54, 1.807) is 7.11 Å². The summed E-state index contributed by atoms with van der Waals surface area (Å²) in [6.45, 7) is 3.08. The van der Waals surface area contributed by atoms with Gasteiger partial charge in [-0.1, -0.05) is 18.2 Å². The topological polar surface area (TPSA) is 32.8 Å². The third-order valence-corrected chi connectivity index (χ3v) is 4.74. The van der Waals surface area contributed by atoms with Gasteiger partial charge in [0.05, 0.1) is 12.8 Å². The van der Waals surface area contributed by atoms with Crippen LogP contribution in [0.4, 0.5) is 5.69 Å². The largest absolute Gasteiger partial charge is 0.495 e. The molecule has 0 aromatic heterocycles. The zero-order valence-corrected chi connectivity index (χ0v) is 15.2. The van der Waals surface area contributed by atoms with E-state index in [0.29, 0.717) is 0 Å². The van der Waals surface area contributed by atoms with Crippen LogP contribution in [0.25, 0.3) is 0 Å². The van der Waals surface area contributed by atoms with E-state index in [-0.39, 0.29) is 5.91 Å². The summed E-state index contributed by atoms with van der Waals surface area (Å²) in [6.07, 6.45) is 0. The lowest BCUT2D eigenvalue weighted by Crippen LogP contribution is -2.48. The fourth-order valence-electron chi connectivity index (χ4n) is 2.85. The molecule has 1 saturated heterocycles. The maximum Gasteiger partial charge on any atom is 0.254 e. The molecule has 0 spiro atoms. The molecule has 1 aliphatic rings. The third kappa shape index (κ3) is 3.60. The number of hydrogen-bond acceptors (Lipinski definition) is 3. The second kappa shape index (κ2) is 7.21. The molecular weight excluding hydrogens is 403 g/mol. The predicted molar refractivity (Wildman–Crippen MR) is 100 cm³/mol. The second-order valence-corrected chi connectivity index (χ2v) is 6.71. The van der Waals surface area contributed by atoms with Crippen LogP contribution in [-0.4, -0.2) is 44.1 Å². The van der Waals surface area contributed by atoms with E-state index >= 15 is 0 Å². The number of methoxy groups -OCH3 is 1. The smallest absolute Gasteiger partial charge is 0.254 e. The van der Waals surface area contributed by atoms with Crippen molar-refractivity contribution in [1.29, 1.82) is 0 Å². The van der Waals surface area contributed by atoms with Crippen LogP contribution in [-0.2, 0) is 0 Å². The number of benzene rings is 2. The molecule has 5 heteroatoms. The Balaban J connectivity index is 1.67. The van der Waals surface area contributed by atoms with E-state index in [2.05, 4.69) is 33.6 Å². The molecule has 0 bridgehead atoms. The van der Waals surface area contributed by atoms with Gasteiger partial charge in [0, 0.05) is 35.3 Å². The third-order valence-electron chi connectivity index (χ3n) is 4.06. The van der Waals surface area contributed by atoms with E-state index in [1.165, 1.54) is 0 Å². The molecule has 0 unspecified atom stereocenters. The van der Waals surface area contributed by atoms with Gasteiger partial charge in [0.15, 0.2) is 0 Å². The first-order chi connectivity index (χ1) is 11.2. The molecule has 2 aromatic carbocycles. The number of para-hydroxylation sites is 2. The monoisotopic (exact) mass is 422 g/mol. The van der Waals surface area contributed by atoms with Crippen molar-refractivity contribution in [2.75, 3.05) is 38.2 Å². The normalized spacial score (nSPS) is 14.7. The lowest BCUT2D eigenvalue weighted by molar-refractivity contribution is 0.0746. The average molecular weight is 422 g/mol. The van der Waals surface area contributed by atoms with Gasteiger partial charge in [-0.2, -0.15) is 0 Å². The predicted octanol–water partition coefficient (Wildman–Crippen LogP) is 3.26. The maximum atomic E-state index is 12.6. The summed E-state index contributed by atoms with van der Waals surface area (Å²) in [7, 11) is 1.69. The lowest BCUT2D eigenvalue weighted by atomic mass is 10.1. The highest BCUT2D eigenvalue weighted by Gasteiger charge is 2.23. The van der Waals surface area contributed by atoms with E-state index < -0.39 is 0 Å². The Hall–Kier alpha value is -1.76. The molecule has 1 aliphatic heterocycles. The highest BCUT2D eigenvalue weighted by molar-refractivity contribution is 14.1. The maximum absolute atomic E-state index is 12.6. The van der Waals surface area contributed by atoms with Gasteiger partial charge in [-0.15, -0.1) is 0 Å². The molecule has 1 amide bonds.